The summed E-state index contributed by atoms with van der Waals surface area (Å²) in [5, 5.41) is 4.35. The molecule has 8 nitrogen and oxygen atoms in total. The number of hydrogen-bond acceptors (Lipinski definition) is 8. The highest BCUT2D eigenvalue weighted by atomic mass is 32.1. The van der Waals surface area contributed by atoms with Gasteiger partial charge in [0.15, 0.2) is 10.5 Å². The van der Waals surface area contributed by atoms with E-state index in [1.165, 1.54) is 21.9 Å². The molecule has 0 unspecified atom stereocenters. The second kappa shape index (κ2) is 7.54. The summed E-state index contributed by atoms with van der Waals surface area (Å²) in [5.41, 5.74) is -0.560. The Hall–Kier alpha value is -2.68. The number of fused-ring (bicyclic) bond motifs is 1. The van der Waals surface area contributed by atoms with Gasteiger partial charge in [-0.15, -0.1) is 11.3 Å². The van der Waals surface area contributed by atoms with E-state index in [4.69, 9.17) is 9.47 Å². The summed E-state index contributed by atoms with van der Waals surface area (Å²) in [6.07, 6.45) is 4.01. The first-order chi connectivity index (χ1) is 11.1. The van der Waals surface area contributed by atoms with Crippen LogP contribution in [0.5, 0.6) is 0 Å². The number of nitrogens with zero attached hydrogens (tertiary/aromatic N) is 2. The van der Waals surface area contributed by atoms with Gasteiger partial charge < -0.3 is 14.8 Å². The van der Waals surface area contributed by atoms with Crippen LogP contribution in [0.2, 0.25) is 0 Å². The molecular weight excluding hydrogens is 322 g/mol. The van der Waals surface area contributed by atoms with Gasteiger partial charge in [0.2, 0.25) is 0 Å². The highest BCUT2D eigenvalue weighted by molar-refractivity contribution is 7.15. The Bertz CT molecular complexity index is 788. The predicted molar refractivity (Wildman–Crippen MR) is 84.3 cm³/mol. The van der Waals surface area contributed by atoms with E-state index in [-0.39, 0.29) is 30.0 Å². The third-order valence-corrected chi connectivity index (χ3v) is 3.48. The Balaban J connectivity index is 2.30. The van der Waals surface area contributed by atoms with E-state index in [0.29, 0.717) is 4.96 Å². The minimum atomic E-state index is -0.830. The van der Waals surface area contributed by atoms with Crippen LogP contribution in [-0.2, 0) is 19.1 Å². The lowest BCUT2D eigenvalue weighted by Gasteiger charge is -2.07. The molecule has 0 fully saturated rings. The number of ether oxygens (including phenoxy) is 2. The molecule has 0 spiro atoms. The normalized spacial score (nSPS) is 10.2. The zero-order valence-corrected chi connectivity index (χ0v) is 13.4. The number of nitrogens with one attached hydrogen (secondary N) is 1. The van der Waals surface area contributed by atoms with Crippen molar-refractivity contribution in [3.8, 4) is 0 Å². The van der Waals surface area contributed by atoms with Crippen LogP contribution in [0.1, 0.15) is 13.8 Å². The van der Waals surface area contributed by atoms with Gasteiger partial charge in [0, 0.05) is 17.8 Å². The van der Waals surface area contributed by atoms with Gasteiger partial charge in [-0.2, -0.15) is 0 Å². The fourth-order valence-electron chi connectivity index (χ4n) is 1.69. The SMILES string of the molecule is CCOC(=O)C(=CNc1cnc2sccn2c1=O)C(=O)OCC. The molecule has 0 aliphatic heterocycles. The molecule has 122 valence electrons. The summed E-state index contributed by atoms with van der Waals surface area (Å²) in [6.45, 7) is 3.46. The van der Waals surface area contributed by atoms with E-state index in [1.54, 1.807) is 25.4 Å². The molecule has 0 aromatic carbocycles. The average Bonchev–Trinajstić information content (AvgIpc) is 2.99. The van der Waals surface area contributed by atoms with Crippen molar-refractivity contribution in [2.45, 2.75) is 13.8 Å². The first kappa shape index (κ1) is 16.7. The number of anilines is 1. The molecule has 2 rings (SSSR count). The van der Waals surface area contributed by atoms with Gasteiger partial charge in [-0.25, -0.2) is 14.6 Å². The molecule has 2 heterocycles. The van der Waals surface area contributed by atoms with Crippen molar-refractivity contribution in [3.05, 3.63) is 39.9 Å². The lowest BCUT2D eigenvalue weighted by atomic mass is 10.3. The van der Waals surface area contributed by atoms with Crippen LogP contribution in [0.15, 0.2) is 34.3 Å². The standard InChI is InChI=1S/C14H15N3O5S/c1-3-21-12(19)9(13(20)22-4-2)7-15-10-8-16-14-17(11(10)18)5-6-23-14/h5-8,15H,3-4H2,1-2H3. The maximum atomic E-state index is 12.2. The number of thiazole rings is 1. The van der Waals surface area contributed by atoms with Crippen LogP contribution < -0.4 is 10.9 Å². The summed E-state index contributed by atoms with van der Waals surface area (Å²) in [4.78, 5) is 40.5. The summed E-state index contributed by atoms with van der Waals surface area (Å²) in [5.74, 6) is -1.66. The van der Waals surface area contributed by atoms with Crippen molar-refractivity contribution < 1.29 is 19.1 Å². The van der Waals surface area contributed by atoms with Crippen LogP contribution in [-0.4, -0.2) is 34.5 Å². The second-order valence-corrected chi connectivity index (χ2v) is 5.05. The summed E-state index contributed by atoms with van der Waals surface area (Å²) >= 11 is 1.32. The lowest BCUT2D eigenvalue weighted by molar-refractivity contribution is -0.146. The maximum absolute atomic E-state index is 12.2. The Labute approximate surface area is 135 Å². The molecule has 0 saturated heterocycles. The van der Waals surface area contributed by atoms with Crippen molar-refractivity contribution >= 4 is 33.9 Å². The minimum absolute atomic E-state index is 0.112. The monoisotopic (exact) mass is 337 g/mol. The zero-order valence-electron chi connectivity index (χ0n) is 12.6. The summed E-state index contributed by atoms with van der Waals surface area (Å²) < 4.78 is 11.0. The van der Waals surface area contributed by atoms with Gasteiger partial charge >= 0.3 is 11.9 Å². The molecule has 0 bridgehead atoms. The molecule has 2 aromatic rings. The van der Waals surface area contributed by atoms with Crippen molar-refractivity contribution in [1.82, 2.24) is 9.38 Å². The molecule has 0 aliphatic rings. The zero-order chi connectivity index (χ0) is 16.8. The van der Waals surface area contributed by atoms with Crippen molar-refractivity contribution in [1.29, 1.82) is 0 Å². The number of carbonyl (C=O) groups is 2. The van der Waals surface area contributed by atoms with Crippen LogP contribution in [0.3, 0.4) is 0 Å². The van der Waals surface area contributed by atoms with Crippen molar-refractivity contribution in [2.75, 3.05) is 18.5 Å². The molecule has 23 heavy (non-hydrogen) atoms. The van der Waals surface area contributed by atoms with Gasteiger partial charge in [0.25, 0.3) is 5.56 Å². The molecule has 0 amide bonds. The molecule has 0 radical (unpaired) electrons. The first-order valence-corrected chi connectivity index (χ1v) is 7.72. The van der Waals surface area contributed by atoms with E-state index in [1.807, 2.05) is 0 Å². The third-order valence-electron chi connectivity index (χ3n) is 2.71. The van der Waals surface area contributed by atoms with E-state index < -0.39 is 11.9 Å². The lowest BCUT2D eigenvalue weighted by Crippen LogP contribution is -2.21. The Morgan fingerprint density at radius 2 is 1.96 bits per heavy atom. The number of carbonyl (C=O) groups excluding carboxylic acids is 2. The highest BCUT2D eigenvalue weighted by Gasteiger charge is 2.21. The van der Waals surface area contributed by atoms with Gasteiger partial charge in [-0.1, -0.05) is 0 Å². The fourth-order valence-corrected chi connectivity index (χ4v) is 2.37. The Kier molecular flexibility index (Phi) is 5.47. The molecule has 0 saturated carbocycles. The Morgan fingerprint density at radius 1 is 1.30 bits per heavy atom. The second-order valence-electron chi connectivity index (χ2n) is 4.18. The van der Waals surface area contributed by atoms with Gasteiger partial charge in [0.05, 0.1) is 19.4 Å². The van der Waals surface area contributed by atoms with Gasteiger partial charge in [-0.05, 0) is 13.8 Å². The van der Waals surface area contributed by atoms with E-state index in [9.17, 15) is 14.4 Å². The van der Waals surface area contributed by atoms with Crippen molar-refractivity contribution in [2.24, 2.45) is 0 Å². The van der Waals surface area contributed by atoms with Crippen LogP contribution in [0.4, 0.5) is 5.69 Å². The van der Waals surface area contributed by atoms with E-state index in [0.717, 1.165) is 6.20 Å². The van der Waals surface area contributed by atoms with Crippen molar-refractivity contribution in [3.63, 3.8) is 0 Å². The number of hydrogen-bond donors (Lipinski definition) is 1. The minimum Gasteiger partial charge on any atom is -0.462 e. The topological polar surface area (TPSA) is 99.0 Å². The van der Waals surface area contributed by atoms with Crippen LogP contribution in [0.25, 0.3) is 4.96 Å². The van der Waals surface area contributed by atoms with Gasteiger partial charge in [-0.3, -0.25) is 9.20 Å². The number of esters is 2. The number of aromatic nitrogens is 2. The molecule has 1 N–H and O–H groups in total. The smallest absolute Gasteiger partial charge is 0.347 e. The van der Waals surface area contributed by atoms with Crippen LogP contribution >= 0.6 is 11.3 Å². The largest absolute Gasteiger partial charge is 0.462 e. The van der Waals surface area contributed by atoms with E-state index >= 15 is 0 Å². The van der Waals surface area contributed by atoms with Gasteiger partial charge in [0.1, 0.15) is 5.69 Å². The van der Waals surface area contributed by atoms with E-state index in [2.05, 4.69) is 10.3 Å². The predicted octanol–water partition coefficient (Wildman–Crippen LogP) is 1.18. The molecule has 0 aliphatic carbocycles. The number of rotatable bonds is 6. The molecule has 2 aromatic heterocycles. The summed E-state index contributed by atoms with van der Waals surface area (Å²) in [6, 6.07) is 0. The quantitative estimate of drug-likeness (QED) is 0.366. The molecule has 9 heteroatoms. The average molecular weight is 337 g/mol. The third kappa shape index (κ3) is 3.75. The molecular formula is C14H15N3O5S. The fraction of sp³-hybridized carbons (Fsp3) is 0.286. The maximum Gasteiger partial charge on any atom is 0.347 e. The molecule has 0 atom stereocenters. The highest BCUT2D eigenvalue weighted by Crippen LogP contribution is 2.09. The first-order valence-electron chi connectivity index (χ1n) is 6.84. The van der Waals surface area contributed by atoms with Crippen LogP contribution in [0, 0.1) is 0 Å². The summed E-state index contributed by atoms with van der Waals surface area (Å²) in [7, 11) is 0. The Morgan fingerprint density at radius 3 is 2.57 bits per heavy atom.